The molecule has 0 N–H and O–H groups in total. The fourth-order valence-electron chi connectivity index (χ4n) is 1.65. The van der Waals surface area contributed by atoms with Crippen molar-refractivity contribution in [2.24, 2.45) is 0 Å². The molecule has 0 saturated carbocycles. The number of esters is 2. The molecular weight excluding hydrogens is 208 g/mol. The van der Waals surface area contributed by atoms with E-state index in [9.17, 15) is 9.59 Å². The minimum atomic E-state index is -0.533. The predicted molar refractivity (Wildman–Crippen MR) is 58.4 cm³/mol. The standard InChI is InChI=1S/C12H16O4/c1-4-9-8(3)15-11(13)6-7-12(14)16-10(9)5-2/h6-8H,4-5H2,1-3H3/b7-6-,10-9-. The Labute approximate surface area is 94.9 Å². The van der Waals surface area contributed by atoms with Gasteiger partial charge in [-0.15, -0.1) is 0 Å². The highest BCUT2D eigenvalue weighted by atomic mass is 16.6. The van der Waals surface area contributed by atoms with Crippen molar-refractivity contribution in [3.63, 3.8) is 0 Å². The number of carbonyl (C=O) groups excluding carboxylic acids is 2. The Balaban J connectivity index is 3.10. The molecule has 1 aliphatic heterocycles. The van der Waals surface area contributed by atoms with Crippen molar-refractivity contribution in [2.45, 2.75) is 39.7 Å². The maximum absolute atomic E-state index is 11.3. The van der Waals surface area contributed by atoms with Crippen LogP contribution < -0.4 is 0 Å². The molecule has 4 heteroatoms. The van der Waals surface area contributed by atoms with Crippen molar-refractivity contribution >= 4 is 11.9 Å². The van der Waals surface area contributed by atoms with Gasteiger partial charge in [-0.2, -0.15) is 0 Å². The van der Waals surface area contributed by atoms with Crippen LogP contribution in [0.15, 0.2) is 23.5 Å². The summed E-state index contributed by atoms with van der Waals surface area (Å²) in [6, 6.07) is 0. The van der Waals surface area contributed by atoms with Crippen LogP contribution in [0.2, 0.25) is 0 Å². The molecule has 0 aromatic carbocycles. The summed E-state index contributed by atoms with van der Waals surface area (Å²) in [4.78, 5) is 22.6. The first kappa shape index (κ1) is 12.5. The number of allylic oxidation sites excluding steroid dienone is 1. The molecule has 0 aliphatic carbocycles. The van der Waals surface area contributed by atoms with Crippen LogP contribution in [0.25, 0.3) is 0 Å². The number of hydrogen-bond acceptors (Lipinski definition) is 4. The van der Waals surface area contributed by atoms with Gasteiger partial charge < -0.3 is 9.47 Å². The van der Waals surface area contributed by atoms with Crippen molar-refractivity contribution in [3.8, 4) is 0 Å². The van der Waals surface area contributed by atoms with Crippen molar-refractivity contribution in [1.29, 1.82) is 0 Å². The van der Waals surface area contributed by atoms with Gasteiger partial charge in [0.2, 0.25) is 0 Å². The second-order valence-corrected chi connectivity index (χ2v) is 3.49. The summed E-state index contributed by atoms with van der Waals surface area (Å²) in [6.45, 7) is 5.61. The van der Waals surface area contributed by atoms with Gasteiger partial charge in [0.15, 0.2) is 0 Å². The van der Waals surface area contributed by atoms with Crippen LogP contribution >= 0.6 is 0 Å². The minimum Gasteiger partial charge on any atom is -0.455 e. The van der Waals surface area contributed by atoms with E-state index in [2.05, 4.69) is 0 Å². The summed E-state index contributed by atoms with van der Waals surface area (Å²) in [5.41, 5.74) is 0.855. The second-order valence-electron chi connectivity index (χ2n) is 3.49. The molecule has 0 amide bonds. The molecule has 0 aromatic rings. The lowest BCUT2D eigenvalue weighted by atomic mass is 10.1. The number of hydrogen-bond donors (Lipinski definition) is 0. The van der Waals surface area contributed by atoms with E-state index >= 15 is 0 Å². The van der Waals surface area contributed by atoms with Crippen molar-refractivity contribution in [3.05, 3.63) is 23.5 Å². The number of ether oxygens (including phenoxy) is 2. The van der Waals surface area contributed by atoms with Crippen LogP contribution in [0.4, 0.5) is 0 Å². The van der Waals surface area contributed by atoms with Gasteiger partial charge in [0.05, 0.1) is 0 Å². The van der Waals surface area contributed by atoms with Crippen LogP contribution in [-0.2, 0) is 19.1 Å². The summed E-state index contributed by atoms with van der Waals surface area (Å²) in [5, 5.41) is 0. The quantitative estimate of drug-likeness (QED) is 0.674. The Bertz CT molecular complexity index is 352. The molecule has 88 valence electrons. The van der Waals surface area contributed by atoms with Crippen molar-refractivity contribution < 1.29 is 19.1 Å². The molecular formula is C12H16O4. The van der Waals surface area contributed by atoms with Gasteiger partial charge in [-0.1, -0.05) is 13.8 Å². The first-order valence-electron chi connectivity index (χ1n) is 5.40. The number of cyclic esters (lactones) is 2. The third-order valence-electron chi connectivity index (χ3n) is 2.42. The van der Waals surface area contributed by atoms with E-state index in [0.29, 0.717) is 18.6 Å². The minimum absolute atomic E-state index is 0.358. The van der Waals surface area contributed by atoms with Crippen LogP contribution in [-0.4, -0.2) is 18.0 Å². The molecule has 1 atom stereocenters. The van der Waals surface area contributed by atoms with Gasteiger partial charge in [-0.3, -0.25) is 0 Å². The topological polar surface area (TPSA) is 52.6 Å². The van der Waals surface area contributed by atoms with Gasteiger partial charge in [0.1, 0.15) is 11.9 Å². The summed E-state index contributed by atoms with van der Waals surface area (Å²) in [5.74, 6) is -0.457. The zero-order chi connectivity index (χ0) is 12.1. The zero-order valence-corrected chi connectivity index (χ0v) is 9.78. The molecule has 0 radical (unpaired) electrons. The van der Waals surface area contributed by atoms with Gasteiger partial charge in [-0.05, 0) is 13.3 Å². The highest BCUT2D eigenvalue weighted by Gasteiger charge is 2.19. The molecule has 0 bridgehead atoms. The van der Waals surface area contributed by atoms with Gasteiger partial charge in [-0.25, -0.2) is 9.59 Å². The zero-order valence-electron chi connectivity index (χ0n) is 9.78. The lowest BCUT2D eigenvalue weighted by Crippen LogP contribution is -2.17. The Morgan fingerprint density at radius 1 is 1.12 bits per heavy atom. The van der Waals surface area contributed by atoms with E-state index in [-0.39, 0.29) is 6.10 Å². The molecule has 0 saturated heterocycles. The van der Waals surface area contributed by atoms with Gasteiger partial charge in [0, 0.05) is 24.1 Å². The molecule has 16 heavy (non-hydrogen) atoms. The second kappa shape index (κ2) is 5.49. The summed E-state index contributed by atoms with van der Waals surface area (Å²) >= 11 is 0. The van der Waals surface area contributed by atoms with E-state index in [1.807, 2.05) is 13.8 Å². The average Bonchev–Trinajstić information content (AvgIpc) is 2.29. The highest BCUT2D eigenvalue weighted by molar-refractivity contribution is 5.92. The first-order chi connectivity index (χ1) is 7.58. The number of carbonyl (C=O) groups is 2. The molecule has 1 aliphatic rings. The van der Waals surface area contributed by atoms with E-state index in [4.69, 9.17) is 9.47 Å². The fraction of sp³-hybridized carbons (Fsp3) is 0.500. The predicted octanol–water partition coefficient (Wildman–Crippen LogP) is 2.11. The fourth-order valence-corrected chi connectivity index (χ4v) is 1.65. The molecule has 1 rings (SSSR count). The largest absolute Gasteiger partial charge is 0.455 e. The third-order valence-corrected chi connectivity index (χ3v) is 2.42. The average molecular weight is 224 g/mol. The molecule has 1 heterocycles. The van der Waals surface area contributed by atoms with Gasteiger partial charge in [0.25, 0.3) is 0 Å². The Morgan fingerprint density at radius 2 is 1.75 bits per heavy atom. The molecule has 0 fully saturated rings. The lowest BCUT2D eigenvalue weighted by molar-refractivity contribution is -0.140. The Kier molecular flexibility index (Phi) is 4.28. The van der Waals surface area contributed by atoms with Crippen molar-refractivity contribution in [2.75, 3.05) is 0 Å². The number of rotatable bonds is 2. The van der Waals surface area contributed by atoms with E-state index in [1.54, 1.807) is 6.92 Å². The monoisotopic (exact) mass is 224 g/mol. The van der Waals surface area contributed by atoms with Crippen LogP contribution in [0.5, 0.6) is 0 Å². The van der Waals surface area contributed by atoms with Crippen LogP contribution in [0, 0.1) is 0 Å². The SMILES string of the molecule is CC/C1=C(\CC)C(C)OC(=O)/C=C\C(=O)O1. The highest BCUT2D eigenvalue weighted by Crippen LogP contribution is 2.21. The lowest BCUT2D eigenvalue weighted by Gasteiger charge is -2.17. The van der Waals surface area contributed by atoms with E-state index in [0.717, 1.165) is 17.7 Å². The van der Waals surface area contributed by atoms with Crippen molar-refractivity contribution in [1.82, 2.24) is 0 Å². The summed E-state index contributed by atoms with van der Waals surface area (Å²) in [6.07, 6.45) is 3.10. The van der Waals surface area contributed by atoms with E-state index < -0.39 is 11.9 Å². The first-order valence-corrected chi connectivity index (χ1v) is 5.40. The molecule has 0 aromatic heterocycles. The molecule has 0 spiro atoms. The van der Waals surface area contributed by atoms with Gasteiger partial charge >= 0.3 is 11.9 Å². The Morgan fingerprint density at radius 3 is 2.31 bits per heavy atom. The van der Waals surface area contributed by atoms with Crippen LogP contribution in [0.1, 0.15) is 33.6 Å². The summed E-state index contributed by atoms with van der Waals surface area (Å²) < 4.78 is 10.3. The third kappa shape index (κ3) is 2.95. The Hall–Kier alpha value is -1.58. The molecule has 1 unspecified atom stereocenters. The smallest absolute Gasteiger partial charge is 0.336 e. The normalized spacial score (nSPS) is 28.6. The maximum atomic E-state index is 11.3. The summed E-state index contributed by atoms with van der Waals surface area (Å²) in [7, 11) is 0. The maximum Gasteiger partial charge on any atom is 0.336 e. The molecule has 4 nitrogen and oxygen atoms in total. The van der Waals surface area contributed by atoms with Crippen LogP contribution in [0.3, 0.4) is 0 Å². The van der Waals surface area contributed by atoms with E-state index in [1.165, 1.54) is 0 Å².